The van der Waals surface area contributed by atoms with Crippen LogP contribution in [0.4, 0.5) is 0 Å². The second-order valence-electron chi connectivity index (χ2n) is 3.14. The Labute approximate surface area is 87.1 Å². The predicted octanol–water partition coefficient (Wildman–Crippen LogP) is 0.265. The molecule has 2 rings (SSSR count). The molecule has 0 saturated carbocycles. The monoisotopic (exact) mass is 227 g/mol. The summed E-state index contributed by atoms with van der Waals surface area (Å²) in [5.41, 5.74) is 0.952. The minimum Gasteiger partial charge on any atom is -0.465 e. The summed E-state index contributed by atoms with van der Waals surface area (Å²) >= 11 is 0. The van der Waals surface area contributed by atoms with E-state index in [0.29, 0.717) is 11.1 Å². The summed E-state index contributed by atoms with van der Waals surface area (Å²) < 4.78 is 29.7. The number of benzene rings is 1. The van der Waals surface area contributed by atoms with Crippen molar-refractivity contribution in [3.8, 4) is 0 Å². The zero-order chi connectivity index (χ0) is 11.1. The largest absolute Gasteiger partial charge is 0.465 e. The van der Waals surface area contributed by atoms with E-state index >= 15 is 0 Å². The first-order valence-corrected chi connectivity index (χ1v) is 5.74. The van der Waals surface area contributed by atoms with Gasteiger partial charge in [0, 0.05) is 6.54 Å². The molecule has 0 saturated heterocycles. The van der Waals surface area contributed by atoms with E-state index in [-0.39, 0.29) is 11.4 Å². The molecule has 0 amide bonds. The summed E-state index contributed by atoms with van der Waals surface area (Å²) in [6.07, 6.45) is 0. The van der Waals surface area contributed by atoms with Crippen molar-refractivity contribution in [3.63, 3.8) is 0 Å². The van der Waals surface area contributed by atoms with Crippen LogP contribution in [0, 0.1) is 0 Å². The molecule has 0 aromatic heterocycles. The predicted molar refractivity (Wildman–Crippen MR) is 51.8 cm³/mol. The molecule has 1 aromatic rings. The van der Waals surface area contributed by atoms with Crippen molar-refractivity contribution >= 4 is 16.0 Å². The lowest BCUT2D eigenvalue weighted by atomic mass is 10.1. The zero-order valence-electron chi connectivity index (χ0n) is 7.98. The molecule has 0 spiro atoms. The summed E-state index contributed by atoms with van der Waals surface area (Å²) in [5, 5.41) is 0. The van der Waals surface area contributed by atoms with Crippen molar-refractivity contribution in [2.45, 2.75) is 11.4 Å². The molecule has 1 aliphatic heterocycles. The first kappa shape index (κ1) is 10.1. The topological polar surface area (TPSA) is 72.5 Å². The van der Waals surface area contributed by atoms with Crippen LogP contribution in [0.1, 0.15) is 15.9 Å². The second-order valence-corrected chi connectivity index (χ2v) is 4.87. The van der Waals surface area contributed by atoms with Crippen LogP contribution in [0.3, 0.4) is 0 Å². The Kier molecular flexibility index (Phi) is 2.24. The fourth-order valence-electron chi connectivity index (χ4n) is 1.48. The van der Waals surface area contributed by atoms with E-state index in [9.17, 15) is 13.2 Å². The fraction of sp³-hybridized carbons (Fsp3) is 0.222. The van der Waals surface area contributed by atoms with Gasteiger partial charge in [-0.2, -0.15) is 0 Å². The summed E-state index contributed by atoms with van der Waals surface area (Å²) in [6, 6.07) is 4.38. The third-order valence-corrected chi connectivity index (χ3v) is 3.73. The maximum absolute atomic E-state index is 11.4. The Balaban J connectivity index is 2.51. The van der Waals surface area contributed by atoms with E-state index < -0.39 is 16.0 Å². The van der Waals surface area contributed by atoms with E-state index in [1.165, 1.54) is 25.3 Å². The van der Waals surface area contributed by atoms with E-state index in [0.717, 1.165) is 0 Å². The van der Waals surface area contributed by atoms with Gasteiger partial charge in [-0.15, -0.1) is 0 Å². The minimum atomic E-state index is -3.36. The van der Waals surface area contributed by atoms with Crippen molar-refractivity contribution in [2.24, 2.45) is 0 Å². The first-order chi connectivity index (χ1) is 7.04. The molecule has 0 fully saturated rings. The second kappa shape index (κ2) is 3.32. The van der Waals surface area contributed by atoms with Crippen molar-refractivity contribution < 1.29 is 17.9 Å². The number of carbonyl (C=O) groups is 1. The molecule has 1 N–H and O–H groups in total. The lowest BCUT2D eigenvalue weighted by molar-refractivity contribution is 0.0600. The molecule has 0 radical (unpaired) electrons. The zero-order valence-corrected chi connectivity index (χ0v) is 8.80. The molecule has 80 valence electrons. The molecule has 1 heterocycles. The van der Waals surface area contributed by atoms with Gasteiger partial charge in [0.25, 0.3) is 0 Å². The standard InChI is InChI=1S/C9H9NO4S/c1-14-9(11)6-2-3-8-7(4-6)5-10-15(8,12)13/h2-4,10H,5H2,1H3. The third kappa shape index (κ3) is 1.62. The van der Waals surface area contributed by atoms with E-state index in [1.807, 2.05) is 0 Å². The summed E-state index contributed by atoms with van der Waals surface area (Å²) in [6.45, 7) is 0.225. The van der Waals surface area contributed by atoms with Crippen LogP contribution in [0.2, 0.25) is 0 Å². The lowest BCUT2D eigenvalue weighted by Gasteiger charge is -2.01. The molecule has 0 unspecified atom stereocenters. The summed E-state index contributed by atoms with van der Waals surface area (Å²) in [4.78, 5) is 11.4. The van der Waals surface area contributed by atoms with Crippen LogP contribution >= 0.6 is 0 Å². The van der Waals surface area contributed by atoms with Crippen LogP contribution in [0.15, 0.2) is 23.1 Å². The molecule has 5 nitrogen and oxygen atoms in total. The van der Waals surface area contributed by atoms with Gasteiger partial charge in [0.2, 0.25) is 10.0 Å². The molecule has 0 bridgehead atoms. The number of esters is 1. The number of nitrogens with one attached hydrogen (secondary N) is 1. The van der Waals surface area contributed by atoms with Crippen LogP contribution in [-0.2, 0) is 21.3 Å². The van der Waals surface area contributed by atoms with Crippen LogP contribution in [0.5, 0.6) is 0 Å². The average Bonchev–Trinajstić information content (AvgIpc) is 2.53. The lowest BCUT2D eigenvalue weighted by Crippen LogP contribution is -2.13. The maximum Gasteiger partial charge on any atom is 0.337 e. The van der Waals surface area contributed by atoms with Gasteiger partial charge >= 0.3 is 5.97 Å². The normalized spacial score (nSPS) is 17.1. The number of sulfonamides is 1. The number of carbonyl (C=O) groups excluding carboxylic acids is 1. The van der Waals surface area contributed by atoms with Gasteiger partial charge < -0.3 is 4.74 Å². The van der Waals surface area contributed by atoms with Crippen LogP contribution in [0.25, 0.3) is 0 Å². The van der Waals surface area contributed by atoms with Gasteiger partial charge in [-0.3, -0.25) is 0 Å². The molecular formula is C9H9NO4S. The highest BCUT2D eigenvalue weighted by molar-refractivity contribution is 7.89. The van der Waals surface area contributed by atoms with Gasteiger partial charge in [-0.1, -0.05) is 0 Å². The van der Waals surface area contributed by atoms with Crippen molar-refractivity contribution in [1.82, 2.24) is 4.72 Å². The number of methoxy groups -OCH3 is 1. The molecule has 0 atom stereocenters. The van der Waals surface area contributed by atoms with Crippen LogP contribution in [-0.4, -0.2) is 21.5 Å². The third-order valence-electron chi connectivity index (χ3n) is 2.22. The smallest absolute Gasteiger partial charge is 0.337 e. The molecule has 15 heavy (non-hydrogen) atoms. The number of rotatable bonds is 1. The first-order valence-electron chi connectivity index (χ1n) is 4.25. The number of fused-ring (bicyclic) bond motifs is 1. The van der Waals surface area contributed by atoms with E-state index in [1.54, 1.807) is 0 Å². The maximum atomic E-state index is 11.4. The Morgan fingerprint density at radius 3 is 2.87 bits per heavy atom. The highest BCUT2D eigenvalue weighted by Gasteiger charge is 2.26. The van der Waals surface area contributed by atoms with Gasteiger partial charge in [-0.25, -0.2) is 17.9 Å². The number of ether oxygens (including phenoxy) is 1. The molecule has 1 aliphatic rings. The average molecular weight is 227 g/mol. The quantitative estimate of drug-likeness (QED) is 0.699. The van der Waals surface area contributed by atoms with E-state index in [2.05, 4.69) is 9.46 Å². The summed E-state index contributed by atoms with van der Waals surface area (Å²) in [7, 11) is -2.07. The molecule has 0 aliphatic carbocycles. The fourth-order valence-corrected chi connectivity index (χ4v) is 2.70. The number of hydrogen-bond acceptors (Lipinski definition) is 4. The van der Waals surface area contributed by atoms with E-state index in [4.69, 9.17) is 0 Å². The van der Waals surface area contributed by atoms with Crippen molar-refractivity contribution in [2.75, 3.05) is 7.11 Å². The Hall–Kier alpha value is -1.40. The Bertz CT molecular complexity index is 521. The van der Waals surface area contributed by atoms with Crippen molar-refractivity contribution in [3.05, 3.63) is 29.3 Å². The Morgan fingerprint density at radius 1 is 1.47 bits per heavy atom. The van der Waals surface area contributed by atoms with Crippen LogP contribution < -0.4 is 4.72 Å². The Morgan fingerprint density at radius 2 is 2.20 bits per heavy atom. The summed E-state index contributed by atoms with van der Waals surface area (Å²) in [5.74, 6) is -0.470. The molecule has 1 aromatic carbocycles. The molecular weight excluding hydrogens is 218 g/mol. The molecule has 6 heteroatoms. The van der Waals surface area contributed by atoms with Gasteiger partial charge in [-0.05, 0) is 23.8 Å². The number of hydrogen-bond donors (Lipinski definition) is 1. The van der Waals surface area contributed by atoms with Gasteiger partial charge in [0.05, 0.1) is 17.6 Å². The highest BCUT2D eigenvalue weighted by Crippen LogP contribution is 2.23. The van der Waals surface area contributed by atoms with Crippen molar-refractivity contribution in [1.29, 1.82) is 0 Å². The van der Waals surface area contributed by atoms with Gasteiger partial charge in [0.15, 0.2) is 0 Å². The highest BCUT2D eigenvalue weighted by atomic mass is 32.2. The minimum absolute atomic E-state index is 0.225. The SMILES string of the molecule is COC(=O)c1ccc2c(c1)CNS2(=O)=O. The van der Waals surface area contributed by atoms with Gasteiger partial charge in [0.1, 0.15) is 0 Å².